The van der Waals surface area contributed by atoms with Gasteiger partial charge in [-0.15, -0.1) is 0 Å². The number of aromatic nitrogens is 2. The standard InChI is InChI=1S/C14H17N3O/c18-14-6-9-16(11-14)10-12-2-4-13(5-3-12)17-8-1-7-15-17/h1-5,7-8,14,18H,6,9-11H2/t14-/m0/s1. The van der Waals surface area contributed by atoms with Gasteiger partial charge in [-0.3, -0.25) is 4.90 Å². The first-order chi connectivity index (χ1) is 8.81. The van der Waals surface area contributed by atoms with E-state index < -0.39 is 0 Å². The molecule has 1 aliphatic heterocycles. The molecule has 94 valence electrons. The van der Waals surface area contributed by atoms with Crippen molar-refractivity contribution in [1.29, 1.82) is 0 Å². The molecule has 2 heterocycles. The van der Waals surface area contributed by atoms with E-state index in [1.54, 1.807) is 6.20 Å². The zero-order valence-corrected chi connectivity index (χ0v) is 10.2. The van der Waals surface area contributed by atoms with Crippen LogP contribution in [-0.4, -0.2) is 39.0 Å². The fourth-order valence-electron chi connectivity index (χ4n) is 2.39. The van der Waals surface area contributed by atoms with Crippen LogP contribution in [0.5, 0.6) is 0 Å². The first-order valence-electron chi connectivity index (χ1n) is 6.30. The summed E-state index contributed by atoms with van der Waals surface area (Å²) in [5.74, 6) is 0. The summed E-state index contributed by atoms with van der Waals surface area (Å²) >= 11 is 0. The van der Waals surface area contributed by atoms with Crippen molar-refractivity contribution in [3.8, 4) is 5.69 Å². The lowest BCUT2D eigenvalue weighted by atomic mass is 10.2. The lowest BCUT2D eigenvalue weighted by molar-refractivity contribution is 0.175. The number of rotatable bonds is 3. The van der Waals surface area contributed by atoms with Crippen molar-refractivity contribution < 1.29 is 5.11 Å². The van der Waals surface area contributed by atoms with Gasteiger partial charge >= 0.3 is 0 Å². The Morgan fingerprint density at radius 2 is 2.11 bits per heavy atom. The molecule has 18 heavy (non-hydrogen) atoms. The minimum atomic E-state index is -0.145. The molecule has 1 fully saturated rings. The predicted molar refractivity (Wildman–Crippen MR) is 69.5 cm³/mol. The van der Waals surface area contributed by atoms with Crippen molar-refractivity contribution in [3.63, 3.8) is 0 Å². The van der Waals surface area contributed by atoms with Crippen LogP contribution in [0.1, 0.15) is 12.0 Å². The van der Waals surface area contributed by atoms with Crippen LogP contribution in [0.4, 0.5) is 0 Å². The number of β-amino-alcohol motifs (C(OH)–C–C–N with tert-alkyl or cyclic N) is 1. The molecule has 3 rings (SSSR count). The minimum Gasteiger partial charge on any atom is -0.392 e. The largest absolute Gasteiger partial charge is 0.392 e. The number of aliphatic hydroxyl groups excluding tert-OH is 1. The fourth-order valence-corrected chi connectivity index (χ4v) is 2.39. The second kappa shape index (κ2) is 4.92. The van der Waals surface area contributed by atoms with Gasteiger partial charge in [-0.05, 0) is 30.2 Å². The number of likely N-dealkylation sites (tertiary alicyclic amines) is 1. The van der Waals surface area contributed by atoms with E-state index in [9.17, 15) is 5.11 Å². The van der Waals surface area contributed by atoms with E-state index in [0.29, 0.717) is 0 Å². The van der Waals surface area contributed by atoms with E-state index in [0.717, 1.165) is 31.7 Å². The summed E-state index contributed by atoms with van der Waals surface area (Å²) in [7, 11) is 0. The van der Waals surface area contributed by atoms with Crippen LogP contribution in [0.2, 0.25) is 0 Å². The quantitative estimate of drug-likeness (QED) is 0.887. The summed E-state index contributed by atoms with van der Waals surface area (Å²) in [6.07, 6.45) is 4.46. The molecule has 1 N–H and O–H groups in total. The van der Waals surface area contributed by atoms with Crippen molar-refractivity contribution in [1.82, 2.24) is 14.7 Å². The Bertz CT molecular complexity index is 492. The SMILES string of the molecule is O[C@H]1CCN(Cc2ccc(-n3cccn3)cc2)C1. The van der Waals surface area contributed by atoms with E-state index in [-0.39, 0.29) is 6.10 Å². The first-order valence-corrected chi connectivity index (χ1v) is 6.30. The van der Waals surface area contributed by atoms with Crippen LogP contribution < -0.4 is 0 Å². The highest BCUT2D eigenvalue weighted by Crippen LogP contribution is 2.15. The van der Waals surface area contributed by atoms with Crippen molar-refractivity contribution >= 4 is 0 Å². The topological polar surface area (TPSA) is 41.3 Å². The van der Waals surface area contributed by atoms with Crippen LogP contribution >= 0.6 is 0 Å². The molecule has 2 aromatic rings. The molecule has 0 bridgehead atoms. The highest BCUT2D eigenvalue weighted by atomic mass is 16.3. The van der Waals surface area contributed by atoms with Crippen molar-refractivity contribution in [2.45, 2.75) is 19.1 Å². The Morgan fingerprint density at radius 3 is 2.72 bits per heavy atom. The van der Waals surface area contributed by atoms with Crippen molar-refractivity contribution in [3.05, 3.63) is 48.3 Å². The maximum atomic E-state index is 9.49. The third-order valence-corrected chi connectivity index (χ3v) is 3.36. The Morgan fingerprint density at radius 1 is 1.28 bits per heavy atom. The number of hydrogen-bond donors (Lipinski definition) is 1. The molecule has 0 amide bonds. The fraction of sp³-hybridized carbons (Fsp3) is 0.357. The first kappa shape index (κ1) is 11.4. The molecule has 1 atom stereocenters. The second-order valence-electron chi connectivity index (χ2n) is 4.79. The van der Waals surface area contributed by atoms with E-state index in [1.807, 2.05) is 16.9 Å². The zero-order chi connectivity index (χ0) is 12.4. The van der Waals surface area contributed by atoms with Crippen LogP contribution in [0.25, 0.3) is 5.69 Å². The van der Waals surface area contributed by atoms with Gasteiger partial charge in [-0.2, -0.15) is 5.10 Å². The molecule has 0 radical (unpaired) electrons. The van der Waals surface area contributed by atoms with Crippen LogP contribution in [0.3, 0.4) is 0 Å². The number of nitrogens with zero attached hydrogens (tertiary/aromatic N) is 3. The molecule has 4 nitrogen and oxygen atoms in total. The van der Waals surface area contributed by atoms with E-state index in [4.69, 9.17) is 0 Å². The molecule has 4 heteroatoms. The van der Waals surface area contributed by atoms with E-state index in [2.05, 4.69) is 34.3 Å². The predicted octanol–water partition coefficient (Wildman–Crippen LogP) is 1.44. The number of benzene rings is 1. The van der Waals surface area contributed by atoms with Crippen molar-refractivity contribution in [2.75, 3.05) is 13.1 Å². The average Bonchev–Trinajstić information content (AvgIpc) is 3.02. The third-order valence-electron chi connectivity index (χ3n) is 3.36. The molecule has 1 aromatic carbocycles. The van der Waals surface area contributed by atoms with Gasteiger partial charge in [0.25, 0.3) is 0 Å². The average molecular weight is 243 g/mol. The zero-order valence-electron chi connectivity index (χ0n) is 10.2. The van der Waals surface area contributed by atoms with E-state index in [1.165, 1.54) is 5.56 Å². The summed E-state index contributed by atoms with van der Waals surface area (Å²) in [6.45, 7) is 2.69. The molecular formula is C14H17N3O. The van der Waals surface area contributed by atoms with Gasteiger partial charge in [0, 0.05) is 32.0 Å². The lowest BCUT2D eigenvalue weighted by Crippen LogP contribution is -2.21. The molecule has 1 saturated heterocycles. The molecule has 1 aliphatic rings. The summed E-state index contributed by atoms with van der Waals surface area (Å²) in [6, 6.07) is 10.3. The molecule has 0 saturated carbocycles. The summed E-state index contributed by atoms with van der Waals surface area (Å²) in [5.41, 5.74) is 2.35. The highest BCUT2D eigenvalue weighted by Gasteiger charge is 2.19. The van der Waals surface area contributed by atoms with Gasteiger partial charge in [-0.1, -0.05) is 12.1 Å². The molecule has 0 spiro atoms. The van der Waals surface area contributed by atoms with Crippen LogP contribution in [-0.2, 0) is 6.54 Å². The number of aliphatic hydroxyl groups is 1. The van der Waals surface area contributed by atoms with Gasteiger partial charge in [0.15, 0.2) is 0 Å². The summed E-state index contributed by atoms with van der Waals surface area (Å²) in [4.78, 5) is 2.29. The van der Waals surface area contributed by atoms with Gasteiger partial charge < -0.3 is 5.11 Å². The van der Waals surface area contributed by atoms with E-state index >= 15 is 0 Å². The maximum Gasteiger partial charge on any atom is 0.0679 e. The maximum absolute atomic E-state index is 9.49. The summed E-state index contributed by atoms with van der Waals surface area (Å²) in [5, 5.41) is 13.7. The smallest absolute Gasteiger partial charge is 0.0679 e. The van der Waals surface area contributed by atoms with Gasteiger partial charge in [0.05, 0.1) is 11.8 Å². The monoisotopic (exact) mass is 243 g/mol. The molecule has 0 aliphatic carbocycles. The minimum absolute atomic E-state index is 0.145. The van der Waals surface area contributed by atoms with Gasteiger partial charge in [0.2, 0.25) is 0 Å². The van der Waals surface area contributed by atoms with Gasteiger partial charge in [0.1, 0.15) is 0 Å². The lowest BCUT2D eigenvalue weighted by Gasteiger charge is -2.15. The second-order valence-corrected chi connectivity index (χ2v) is 4.79. The molecular weight excluding hydrogens is 226 g/mol. The van der Waals surface area contributed by atoms with Gasteiger partial charge in [-0.25, -0.2) is 4.68 Å². The highest BCUT2D eigenvalue weighted by molar-refractivity contribution is 5.33. The van der Waals surface area contributed by atoms with Crippen LogP contribution in [0, 0.1) is 0 Å². The van der Waals surface area contributed by atoms with Crippen molar-refractivity contribution in [2.24, 2.45) is 0 Å². The Balaban J connectivity index is 1.68. The Kier molecular flexibility index (Phi) is 3.13. The third kappa shape index (κ3) is 2.44. The normalized spacial score (nSPS) is 20.4. The Hall–Kier alpha value is -1.65. The number of hydrogen-bond acceptors (Lipinski definition) is 3. The molecule has 0 unspecified atom stereocenters. The van der Waals surface area contributed by atoms with Crippen LogP contribution in [0.15, 0.2) is 42.7 Å². The summed E-state index contributed by atoms with van der Waals surface area (Å²) < 4.78 is 1.85. The molecule has 1 aromatic heterocycles. The Labute approximate surface area is 106 Å².